The zero-order chi connectivity index (χ0) is 24.5. The Bertz CT molecular complexity index is 1060. The summed E-state index contributed by atoms with van der Waals surface area (Å²) >= 11 is 0. The standard InChI is InChI=1S/C30H36N2O2/c1-22(2)27-17-14-24(15-18-27)16-19-29(33)32(21-26-12-10-23(3)11-13-26)28(30(34)31-4)20-25-8-6-5-7-9-25/h5-15,17-18,22,28H,16,19-21H2,1-4H3,(H,31,34). The fourth-order valence-corrected chi connectivity index (χ4v) is 4.07. The molecule has 0 aliphatic carbocycles. The van der Waals surface area contributed by atoms with Crippen molar-refractivity contribution in [2.24, 2.45) is 0 Å². The van der Waals surface area contributed by atoms with E-state index in [1.165, 1.54) is 11.1 Å². The van der Waals surface area contributed by atoms with Crippen LogP contribution in [0.1, 0.15) is 54.0 Å². The number of aryl methyl sites for hydroxylation is 2. The molecule has 0 radical (unpaired) electrons. The number of nitrogens with one attached hydrogen (secondary N) is 1. The van der Waals surface area contributed by atoms with Crippen LogP contribution >= 0.6 is 0 Å². The highest BCUT2D eigenvalue weighted by molar-refractivity contribution is 5.88. The van der Waals surface area contributed by atoms with Crippen LogP contribution in [-0.4, -0.2) is 29.8 Å². The fraction of sp³-hybridized carbons (Fsp3) is 0.333. The molecule has 0 aliphatic heterocycles. The molecule has 0 aromatic heterocycles. The second-order valence-corrected chi connectivity index (χ2v) is 9.22. The van der Waals surface area contributed by atoms with Crippen LogP contribution in [0.15, 0.2) is 78.9 Å². The molecule has 3 rings (SSSR count). The number of hydrogen-bond donors (Lipinski definition) is 1. The third-order valence-electron chi connectivity index (χ3n) is 6.26. The maximum Gasteiger partial charge on any atom is 0.242 e. The minimum Gasteiger partial charge on any atom is -0.357 e. The van der Waals surface area contributed by atoms with E-state index in [-0.39, 0.29) is 11.8 Å². The van der Waals surface area contributed by atoms with Crippen LogP contribution in [-0.2, 0) is 29.0 Å². The molecule has 1 N–H and O–H groups in total. The number of carbonyl (C=O) groups excluding carboxylic acids is 2. The summed E-state index contributed by atoms with van der Waals surface area (Å²) in [6, 6.07) is 25.9. The molecule has 0 aliphatic rings. The molecule has 34 heavy (non-hydrogen) atoms. The Balaban J connectivity index is 1.83. The summed E-state index contributed by atoms with van der Waals surface area (Å²) in [6.07, 6.45) is 1.48. The number of amides is 2. The van der Waals surface area contributed by atoms with Crippen LogP contribution < -0.4 is 5.32 Å². The molecular formula is C30H36N2O2. The second-order valence-electron chi connectivity index (χ2n) is 9.22. The van der Waals surface area contributed by atoms with E-state index < -0.39 is 6.04 Å². The SMILES string of the molecule is CNC(=O)C(Cc1ccccc1)N(Cc1ccc(C)cc1)C(=O)CCc1ccc(C(C)C)cc1. The van der Waals surface area contributed by atoms with E-state index in [9.17, 15) is 9.59 Å². The van der Waals surface area contributed by atoms with Crippen molar-refractivity contribution in [3.8, 4) is 0 Å². The molecule has 3 aromatic rings. The maximum atomic E-state index is 13.6. The Kier molecular flexibility index (Phi) is 9.03. The minimum atomic E-state index is -0.579. The van der Waals surface area contributed by atoms with Gasteiger partial charge in [0, 0.05) is 26.4 Å². The summed E-state index contributed by atoms with van der Waals surface area (Å²) in [5, 5.41) is 2.77. The van der Waals surface area contributed by atoms with Crippen LogP contribution in [0.2, 0.25) is 0 Å². The third-order valence-corrected chi connectivity index (χ3v) is 6.26. The van der Waals surface area contributed by atoms with Gasteiger partial charge in [-0.15, -0.1) is 0 Å². The smallest absolute Gasteiger partial charge is 0.242 e. The van der Waals surface area contributed by atoms with Crippen molar-refractivity contribution in [3.63, 3.8) is 0 Å². The van der Waals surface area contributed by atoms with Gasteiger partial charge in [0.15, 0.2) is 0 Å². The topological polar surface area (TPSA) is 49.4 Å². The van der Waals surface area contributed by atoms with Gasteiger partial charge in [0.2, 0.25) is 11.8 Å². The van der Waals surface area contributed by atoms with E-state index in [0.717, 1.165) is 16.7 Å². The van der Waals surface area contributed by atoms with Gasteiger partial charge >= 0.3 is 0 Å². The number of hydrogen-bond acceptors (Lipinski definition) is 2. The predicted molar refractivity (Wildman–Crippen MR) is 139 cm³/mol. The Morgan fingerprint density at radius 3 is 2.03 bits per heavy atom. The van der Waals surface area contributed by atoms with Gasteiger partial charge in [0.25, 0.3) is 0 Å². The van der Waals surface area contributed by atoms with Gasteiger partial charge in [0.05, 0.1) is 0 Å². The Hall–Kier alpha value is -3.40. The first kappa shape index (κ1) is 25.2. The number of benzene rings is 3. The molecule has 0 fully saturated rings. The lowest BCUT2D eigenvalue weighted by Crippen LogP contribution is -2.49. The fourth-order valence-electron chi connectivity index (χ4n) is 4.07. The summed E-state index contributed by atoms with van der Waals surface area (Å²) in [5.74, 6) is 0.315. The highest BCUT2D eigenvalue weighted by Gasteiger charge is 2.29. The van der Waals surface area contributed by atoms with Crippen molar-refractivity contribution in [2.45, 2.75) is 58.5 Å². The highest BCUT2D eigenvalue weighted by Crippen LogP contribution is 2.19. The van der Waals surface area contributed by atoms with Crippen LogP contribution in [0, 0.1) is 6.92 Å². The number of likely N-dealkylation sites (N-methyl/N-ethyl adjacent to an activating group) is 1. The number of carbonyl (C=O) groups is 2. The molecule has 0 heterocycles. The molecule has 4 nitrogen and oxygen atoms in total. The second kappa shape index (κ2) is 12.2. The molecule has 178 valence electrons. The van der Waals surface area contributed by atoms with E-state index >= 15 is 0 Å². The van der Waals surface area contributed by atoms with Crippen molar-refractivity contribution in [2.75, 3.05) is 7.05 Å². The molecule has 1 atom stereocenters. The van der Waals surface area contributed by atoms with Gasteiger partial charge < -0.3 is 10.2 Å². The lowest BCUT2D eigenvalue weighted by molar-refractivity contribution is -0.141. The third kappa shape index (κ3) is 7.05. The van der Waals surface area contributed by atoms with E-state index in [0.29, 0.717) is 31.7 Å². The van der Waals surface area contributed by atoms with Crippen molar-refractivity contribution in [1.82, 2.24) is 10.2 Å². The molecule has 1 unspecified atom stereocenters. The van der Waals surface area contributed by atoms with Crippen molar-refractivity contribution in [1.29, 1.82) is 0 Å². The van der Waals surface area contributed by atoms with Gasteiger partial charge in [-0.2, -0.15) is 0 Å². The van der Waals surface area contributed by atoms with Crippen LogP contribution in [0.25, 0.3) is 0 Å². The monoisotopic (exact) mass is 456 g/mol. The van der Waals surface area contributed by atoms with Gasteiger partial charge in [-0.25, -0.2) is 0 Å². The summed E-state index contributed by atoms with van der Waals surface area (Å²) in [7, 11) is 1.63. The average Bonchev–Trinajstić information content (AvgIpc) is 2.86. The lowest BCUT2D eigenvalue weighted by Gasteiger charge is -2.31. The van der Waals surface area contributed by atoms with Crippen LogP contribution in [0.5, 0.6) is 0 Å². The molecule has 3 aromatic carbocycles. The first-order valence-corrected chi connectivity index (χ1v) is 12.1. The maximum absolute atomic E-state index is 13.6. The number of rotatable bonds is 10. The zero-order valence-corrected chi connectivity index (χ0v) is 20.8. The van der Waals surface area contributed by atoms with Crippen molar-refractivity contribution >= 4 is 11.8 Å². The first-order chi connectivity index (χ1) is 16.4. The summed E-state index contributed by atoms with van der Waals surface area (Å²) in [6.45, 7) is 6.79. The van der Waals surface area contributed by atoms with Crippen LogP contribution in [0.3, 0.4) is 0 Å². The molecule has 0 spiro atoms. The largest absolute Gasteiger partial charge is 0.357 e. The average molecular weight is 457 g/mol. The Morgan fingerprint density at radius 2 is 1.44 bits per heavy atom. The first-order valence-electron chi connectivity index (χ1n) is 12.1. The summed E-state index contributed by atoms with van der Waals surface area (Å²) in [5.41, 5.74) is 5.63. The quantitative estimate of drug-likeness (QED) is 0.442. The Labute approximate surface area is 204 Å². The van der Waals surface area contributed by atoms with E-state index in [1.54, 1.807) is 11.9 Å². The predicted octanol–water partition coefficient (Wildman–Crippen LogP) is 5.44. The van der Waals surface area contributed by atoms with E-state index in [2.05, 4.69) is 43.4 Å². The van der Waals surface area contributed by atoms with Gasteiger partial charge in [-0.3, -0.25) is 9.59 Å². The summed E-state index contributed by atoms with van der Waals surface area (Å²) in [4.78, 5) is 28.3. The van der Waals surface area contributed by atoms with Gasteiger partial charge in [0.1, 0.15) is 6.04 Å². The van der Waals surface area contributed by atoms with Crippen LogP contribution in [0.4, 0.5) is 0 Å². The zero-order valence-electron chi connectivity index (χ0n) is 20.8. The Morgan fingerprint density at radius 1 is 0.824 bits per heavy atom. The molecule has 0 bridgehead atoms. The highest BCUT2D eigenvalue weighted by atomic mass is 16.2. The number of nitrogens with zero attached hydrogens (tertiary/aromatic N) is 1. The molecule has 0 saturated heterocycles. The molecule has 2 amide bonds. The minimum absolute atomic E-state index is 0.0157. The molecule has 4 heteroatoms. The lowest BCUT2D eigenvalue weighted by atomic mass is 9.99. The van der Waals surface area contributed by atoms with E-state index in [1.807, 2.05) is 61.5 Å². The van der Waals surface area contributed by atoms with Crippen molar-refractivity contribution in [3.05, 3.63) is 107 Å². The van der Waals surface area contributed by atoms with Crippen molar-refractivity contribution < 1.29 is 9.59 Å². The molecular weight excluding hydrogens is 420 g/mol. The summed E-state index contributed by atoms with van der Waals surface area (Å²) < 4.78 is 0. The van der Waals surface area contributed by atoms with Gasteiger partial charge in [-0.1, -0.05) is 98.3 Å². The van der Waals surface area contributed by atoms with E-state index in [4.69, 9.17) is 0 Å². The van der Waals surface area contributed by atoms with Gasteiger partial charge in [-0.05, 0) is 41.5 Å². The molecule has 0 saturated carbocycles. The normalized spacial score (nSPS) is 11.8.